The van der Waals surface area contributed by atoms with Gasteiger partial charge in [-0.15, -0.1) is 0 Å². The van der Waals surface area contributed by atoms with Crippen LogP contribution in [-0.2, 0) is 6.54 Å². The van der Waals surface area contributed by atoms with Gasteiger partial charge in [0.2, 0.25) is 5.89 Å². The molecule has 0 bridgehead atoms. The molecule has 1 N–H and O–H groups in total. The molecule has 0 aliphatic carbocycles. The van der Waals surface area contributed by atoms with Crippen molar-refractivity contribution >= 4 is 0 Å². The van der Waals surface area contributed by atoms with E-state index in [1.165, 1.54) is 0 Å². The molecule has 1 aromatic heterocycles. The summed E-state index contributed by atoms with van der Waals surface area (Å²) in [7, 11) is 1.91. The number of rotatable bonds is 5. The molecule has 0 aliphatic heterocycles. The van der Waals surface area contributed by atoms with Gasteiger partial charge in [-0.2, -0.15) is 4.98 Å². The van der Waals surface area contributed by atoms with E-state index in [1.807, 2.05) is 25.8 Å². The largest absolute Gasteiger partial charge is 0.389 e. The maximum absolute atomic E-state index is 9.65. The Labute approximate surface area is 96.5 Å². The lowest BCUT2D eigenvalue weighted by molar-refractivity contribution is 0.0397. The van der Waals surface area contributed by atoms with Gasteiger partial charge in [0, 0.05) is 12.5 Å². The smallest absolute Gasteiger partial charge is 0.240 e. The molecule has 16 heavy (non-hydrogen) atoms. The molecular weight excluding hydrogens is 206 g/mol. The summed E-state index contributed by atoms with van der Waals surface area (Å²) in [4.78, 5) is 6.23. The zero-order chi connectivity index (χ0) is 12.3. The lowest BCUT2D eigenvalue weighted by atomic mass is 10.1. The van der Waals surface area contributed by atoms with Crippen molar-refractivity contribution in [3.8, 4) is 0 Å². The molecule has 92 valence electrons. The van der Waals surface area contributed by atoms with Gasteiger partial charge in [-0.3, -0.25) is 4.90 Å². The van der Waals surface area contributed by atoms with Crippen LogP contribution in [0.25, 0.3) is 0 Å². The van der Waals surface area contributed by atoms with E-state index in [4.69, 9.17) is 4.52 Å². The fraction of sp³-hybridized carbons (Fsp3) is 0.818. The quantitative estimate of drug-likeness (QED) is 0.823. The van der Waals surface area contributed by atoms with Crippen LogP contribution in [0.5, 0.6) is 0 Å². The monoisotopic (exact) mass is 227 g/mol. The molecule has 5 nitrogen and oxygen atoms in total. The lowest BCUT2D eigenvalue weighted by Crippen LogP contribution is -2.35. The van der Waals surface area contributed by atoms with E-state index in [1.54, 1.807) is 13.8 Å². The van der Waals surface area contributed by atoms with Crippen molar-refractivity contribution in [1.82, 2.24) is 15.0 Å². The third-order valence-corrected chi connectivity index (χ3v) is 2.06. The van der Waals surface area contributed by atoms with E-state index in [0.717, 1.165) is 5.82 Å². The van der Waals surface area contributed by atoms with Crippen LogP contribution in [0.1, 0.15) is 45.3 Å². The molecule has 0 spiro atoms. The van der Waals surface area contributed by atoms with Crippen LogP contribution in [0.15, 0.2) is 4.52 Å². The number of aliphatic hydroxyl groups is 1. The van der Waals surface area contributed by atoms with Gasteiger partial charge < -0.3 is 9.63 Å². The first kappa shape index (κ1) is 13.1. The Kier molecular flexibility index (Phi) is 4.04. The normalized spacial score (nSPS) is 12.8. The number of aromatic nitrogens is 2. The molecule has 0 saturated carbocycles. The van der Waals surface area contributed by atoms with Gasteiger partial charge in [0.25, 0.3) is 0 Å². The highest BCUT2D eigenvalue weighted by Crippen LogP contribution is 2.11. The molecule has 0 fully saturated rings. The van der Waals surface area contributed by atoms with Crippen molar-refractivity contribution in [2.45, 2.75) is 45.8 Å². The van der Waals surface area contributed by atoms with Crippen LogP contribution >= 0.6 is 0 Å². The second-order valence-corrected chi connectivity index (χ2v) is 5.19. The van der Waals surface area contributed by atoms with Gasteiger partial charge >= 0.3 is 0 Å². The molecular formula is C11H21N3O2. The molecule has 0 radical (unpaired) electrons. The van der Waals surface area contributed by atoms with Gasteiger partial charge in [0.1, 0.15) is 0 Å². The van der Waals surface area contributed by atoms with Crippen molar-refractivity contribution < 1.29 is 9.63 Å². The number of nitrogens with zero attached hydrogens (tertiary/aromatic N) is 3. The van der Waals surface area contributed by atoms with Crippen molar-refractivity contribution in [2.75, 3.05) is 13.6 Å². The predicted molar refractivity (Wildman–Crippen MR) is 61.0 cm³/mol. The van der Waals surface area contributed by atoms with Crippen molar-refractivity contribution in [2.24, 2.45) is 0 Å². The third kappa shape index (κ3) is 4.28. The molecule has 0 unspecified atom stereocenters. The van der Waals surface area contributed by atoms with Gasteiger partial charge in [-0.05, 0) is 20.9 Å². The first-order valence-electron chi connectivity index (χ1n) is 5.51. The lowest BCUT2D eigenvalue weighted by Gasteiger charge is -2.23. The van der Waals surface area contributed by atoms with E-state index in [9.17, 15) is 5.11 Å². The Morgan fingerprint density at radius 3 is 2.50 bits per heavy atom. The van der Waals surface area contributed by atoms with Gasteiger partial charge in [0.05, 0.1) is 12.1 Å². The third-order valence-electron chi connectivity index (χ3n) is 2.06. The SMILES string of the molecule is CC(C)c1noc(CN(C)CC(C)(C)O)n1. The maximum Gasteiger partial charge on any atom is 0.240 e. The van der Waals surface area contributed by atoms with E-state index < -0.39 is 5.60 Å². The summed E-state index contributed by atoms with van der Waals surface area (Å²) in [6.07, 6.45) is 0. The van der Waals surface area contributed by atoms with E-state index >= 15 is 0 Å². The summed E-state index contributed by atoms with van der Waals surface area (Å²) in [6, 6.07) is 0. The topological polar surface area (TPSA) is 62.4 Å². The van der Waals surface area contributed by atoms with Crippen LogP contribution in [0.4, 0.5) is 0 Å². The fourth-order valence-electron chi connectivity index (χ4n) is 1.51. The van der Waals surface area contributed by atoms with Gasteiger partial charge in [-0.1, -0.05) is 19.0 Å². The van der Waals surface area contributed by atoms with Crippen LogP contribution in [-0.4, -0.2) is 39.3 Å². The van der Waals surface area contributed by atoms with Crippen LogP contribution in [0.3, 0.4) is 0 Å². The Balaban J connectivity index is 2.53. The molecule has 0 aliphatic rings. The predicted octanol–water partition coefficient (Wildman–Crippen LogP) is 1.40. The summed E-state index contributed by atoms with van der Waals surface area (Å²) in [5, 5.41) is 13.5. The Bertz CT molecular complexity index is 328. The van der Waals surface area contributed by atoms with Crippen LogP contribution in [0, 0.1) is 0 Å². The Hall–Kier alpha value is -0.940. The highest BCUT2D eigenvalue weighted by atomic mass is 16.5. The minimum Gasteiger partial charge on any atom is -0.389 e. The maximum atomic E-state index is 9.65. The fourth-order valence-corrected chi connectivity index (χ4v) is 1.51. The zero-order valence-electron chi connectivity index (χ0n) is 10.7. The number of hydrogen-bond donors (Lipinski definition) is 1. The van der Waals surface area contributed by atoms with Crippen LogP contribution in [0.2, 0.25) is 0 Å². The van der Waals surface area contributed by atoms with Gasteiger partial charge in [-0.25, -0.2) is 0 Å². The minimum absolute atomic E-state index is 0.275. The highest BCUT2D eigenvalue weighted by molar-refractivity contribution is 4.91. The summed E-state index contributed by atoms with van der Waals surface area (Å²) < 4.78 is 5.13. The van der Waals surface area contributed by atoms with Crippen molar-refractivity contribution in [1.29, 1.82) is 0 Å². The van der Waals surface area contributed by atoms with Crippen LogP contribution < -0.4 is 0 Å². The molecule has 0 saturated heterocycles. The standard InChI is InChI=1S/C11H21N3O2/c1-8(2)10-12-9(16-13-10)6-14(5)7-11(3,4)15/h8,15H,6-7H2,1-5H3. The zero-order valence-corrected chi connectivity index (χ0v) is 10.7. The Morgan fingerprint density at radius 1 is 1.44 bits per heavy atom. The molecule has 0 amide bonds. The number of likely N-dealkylation sites (N-methyl/N-ethyl adjacent to an activating group) is 1. The summed E-state index contributed by atoms with van der Waals surface area (Å²) in [5.41, 5.74) is -0.713. The molecule has 1 aromatic rings. The molecule has 5 heteroatoms. The molecule has 0 atom stereocenters. The Morgan fingerprint density at radius 2 is 2.06 bits per heavy atom. The highest BCUT2D eigenvalue weighted by Gasteiger charge is 2.18. The summed E-state index contributed by atoms with van der Waals surface area (Å²) in [5.74, 6) is 1.60. The minimum atomic E-state index is -0.713. The average molecular weight is 227 g/mol. The molecule has 1 rings (SSSR count). The van der Waals surface area contributed by atoms with E-state index in [0.29, 0.717) is 19.0 Å². The molecule has 0 aromatic carbocycles. The second-order valence-electron chi connectivity index (χ2n) is 5.19. The van der Waals surface area contributed by atoms with Gasteiger partial charge in [0.15, 0.2) is 5.82 Å². The molecule has 1 heterocycles. The van der Waals surface area contributed by atoms with Crippen molar-refractivity contribution in [3.05, 3.63) is 11.7 Å². The van der Waals surface area contributed by atoms with E-state index in [2.05, 4.69) is 10.1 Å². The first-order valence-corrected chi connectivity index (χ1v) is 5.51. The second kappa shape index (κ2) is 4.93. The number of hydrogen-bond acceptors (Lipinski definition) is 5. The first-order chi connectivity index (χ1) is 7.28. The van der Waals surface area contributed by atoms with E-state index in [-0.39, 0.29) is 5.92 Å². The summed E-state index contributed by atoms with van der Waals surface area (Å²) >= 11 is 0. The average Bonchev–Trinajstić information content (AvgIpc) is 2.48. The summed E-state index contributed by atoms with van der Waals surface area (Å²) in [6.45, 7) is 8.72. The van der Waals surface area contributed by atoms with Crippen molar-refractivity contribution in [3.63, 3.8) is 0 Å².